The van der Waals surface area contributed by atoms with Gasteiger partial charge in [-0.1, -0.05) is 30.3 Å². The van der Waals surface area contributed by atoms with Crippen molar-refractivity contribution in [2.24, 2.45) is 0 Å². The van der Waals surface area contributed by atoms with E-state index >= 15 is 0 Å². The largest absolute Gasteiger partial charge is 0.355 e. The minimum absolute atomic E-state index is 0.0235. The second-order valence-electron chi connectivity index (χ2n) is 12.0. The molecule has 0 heterocycles. The zero-order chi connectivity index (χ0) is 37.4. The maximum atomic E-state index is 12.6. The molecule has 0 bridgehead atoms. The fraction of sp³-hybridized carbons (Fsp3) is 0.143. The highest BCUT2D eigenvalue weighted by atomic mass is 32.2. The van der Waals surface area contributed by atoms with Crippen LogP contribution in [0.2, 0.25) is 0 Å². The van der Waals surface area contributed by atoms with Crippen LogP contribution in [-0.4, -0.2) is 35.8 Å². The molecule has 5 rings (SSSR count). The van der Waals surface area contributed by atoms with E-state index in [1.807, 2.05) is 0 Å². The van der Waals surface area contributed by atoms with Gasteiger partial charge in [0.15, 0.2) is 0 Å². The summed E-state index contributed by atoms with van der Waals surface area (Å²) in [5, 5.41) is 29.1. The average Bonchev–Trinajstić information content (AvgIpc) is 3.04. The predicted molar refractivity (Wildman–Crippen MR) is 192 cm³/mol. The highest BCUT2D eigenvalue weighted by Crippen LogP contribution is 2.39. The number of anilines is 4. The van der Waals surface area contributed by atoms with Crippen molar-refractivity contribution in [2.75, 3.05) is 10.6 Å². The Morgan fingerprint density at radius 1 is 0.569 bits per heavy atom. The number of non-ortho nitro benzene ring substituents is 2. The number of benzene rings is 5. The predicted octanol–water partition coefficient (Wildman–Crippen LogP) is 7.90. The van der Waals surface area contributed by atoms with E-state index < -0.39 is 45.8 Å². The van der Waals surface area contributed by atoms with E-state index in [1.54, 1.807) is 76.2 Å². The Morgan fingerprint density at radius 2 is 0.941 bits per heavy atom. The number of hydrogen-bond donors (Lipinski definition) is 4. The summed E-state index contributed by atoms with van der Waals surface area (Å²) >= 11 is 0. The Bertz CT molecular complexity index is 2250. The normalized spacial score (nSPS) is 11.7. The summed E-state index contributed by atoms with van der Waals surface area (Å²) in [5.41, 5.74) is 6.19. The molecule has 0 fully saturated rings. The van der Waals surface area contributed by atoms with E-state index in [0.29, 0.717) is 62.2 Å². The van der Waals surface area contributed by atoms with Crippen molar-refractivity contribution in [1.29, 1.82) is 0 Å². The molecule has 5 aromatic rings. The zero-order valence-electron chi connectivity index (χ0n) is 27.6. The third-order valence-corrected chi connectivity index (χ3v) is 10.1. The SMILES string of the molecule is Cc1cc([N+](=O)[O-])cc(C)c1Nc1ccc(C(c2ccc(Nc3c(C)cc([N+](=O)[O-])cc3C)cc2)c2ccc(S(=O)(=O)O)cc2S(=O)(=O)O)cc1. The molecule has 0 saturated heterocycles. The van der Waals surface area contributed by atoms with Crippen molar-refractivity contribution in [3.05, 3.63) is 150 Å². The molecule has 51 heavy (non-hydrogen) atoms. The molecule has 264 valence electrons. The maximum Gasteiger partial charge on any atom is 0.294 e. The molecule has 0 aliphatic carbocycles. The summed E-state index contributed by atoms with van der Waals surface area (Å²) in [6.45, 7) is 6.95. The van der Waals surface area contributed by atoms with Gasteiger partial charge >= 0.3 is 0 Å². The van der Waals surface area contributed by atoms with Crippen molar-refractivity contribution in [2.45, 2.75) is 43.4 Å². The molecule has 0 unspecified atom stereocenters. The quantitative estimate of drug-likeness (QED) is 0.0441. The first-order chi connectivity index (χ1) is 23.8. The number of rotatable bonds is 11. The van der Waals surface area contributed by atoms with Crippen LogP contribution in [0.1, 0.15) is 44.9 Å². The van der Waals surface area contributed by atoms with Crippen molar-refractivity contribution in [1.82, 2.24) is 0 Å². The number of nitrogens with zero attached hydrogens (tertiary/aromatic N) is 2. The summed E-state index contributed by atoms with van der Waals surface area (Å²) in [6.07, 6.45) is 0. The van der Waals surface area contributed by atoms with Crippen molar-refractivity contribution in [3.8, 4) is 0 Å². The number of nitrogens with one attached hydrogen (secondary N) is 2. The summed E-state index contributed by atoms with van der Waals surface area (Å²) in [7, 11) is -9.83. The molecule has 16 heteroatoms. The topological polar surface area (TPSA) is 219 Å². The Morgan fingerprint density at radius 3 is 1.25 bits per heavy atom. The van der Waals surface area contributed by atoms with Gasteiger partial charge in [-0.3, -0.25) is 29.3 Å². The van der Waals surface area contributed by atoms with E-state index in [1.165, 1.54) is 30.3 Å². The van der Waals surface area contributed by atoms with Gasteiger partial charge < -0.3 is 10.6 Å². The van der Waals surface area contributed by atoms with Gasteiger partial charge in [0.1, 0.15) is 0 Å². The highest BCUT2D eigenvalue weighted by molar-refractivity contribution is 7.86. The third-order valence-electron chi connectivity index (χ3n) is 8.36. The van der Waals surface area contributed by atoms with Gasteiger partial charge in [-0.2, -0.15) is 16.8 Å². The molecule has 0 aromatic heterocycles. The van der Waals surface area contributed by atoms with Gasteiger partial charge in [0.05, 0.1) is 19.6 Å². The van der Waals surface area contributed by atoms with Crippen molar-refractivity contribution < 1.29 is 35.8 Å². The summed E-state index contributed by atoms with van der Waals surface area (Å²) < 4.78 is 69.0. The molecule has 0 radical (unpaired) electrons. The summed E-state index contributed by atoms with van der Waals surface area (Å²) in [5.74, 6) is -0.883. The van der Waals surface area contributed by atoms with Gasteiger partial charge in [-0.15, -0.1) is 0 Å². The zero-order valence-corrected chi connectivity index (χ0v) is 29.2. The molecular formula is C35H32N4O10S2. The second-order valence-corrected chi connectivity index (χ2v) is 14.8. The lowest BCUT2D eigenvalue weighted by molar-refractivity contribution is -0.385. The number of hydrogen-bond acceptors (Lipinski definition) is 10. The van der Waals surface area contributed by atoms with Crippen LogP contribution in [0.25, 0.3) is 0 Å². The highest BCUT2D eigenvalue weighted by Gasteiger charge is 2.28. The molecule has 0 atom stereocenters. The van der Waals surface area contributed by atoms with Crippen LogP contribution in [0, 0.1) is 47.9 Å². The van der Waals surface area contributed by atoms with Crippen LogP contribution < -0.4 is 10.6 Å². The first kappa shape index (κ1) is 36.6. The summed E-state index contributed by atoms with van der Waals surface area (Å²) in [4.78, 5) is 20.2. The fourth-order valence-electron chi connectivity index (χ4n) is 5.98. The molecule has 0 aliphatic rings. The van der Waals surface area contributed by atoms with Crippen LogP contribution in [0.15, 0.2) is 101 Å². The number of nitro groups is 2. The molecule has 5 aromatic carbocycles. The fourth-order valence-corrected chi connectivity index (χ4v) is 7.32. The lowest BCUT2D eigenvalue weighted by atomic mass is 9.85. The van der Waals surface area contributed by atoms with E-state index in [4.69, 9.17) is 0 Å². The second kappa shape index (κ2) is 13.9. The van der Waals surface area contributed by atoms with Gasteiger partial charge in [0.2, 0.25) is 0 Å². The molecule has 0 aliphatic heterocycles. The van der Waals surface area contributed by atoms with E-state index in [0.717, 1.165) is 6.07 Å². The Kier molecular flexibility index (Phi) is 9.98. The molecule has 14 nitrogen and oxygen atoms in total. The molecular weight excluding hydrogens is 701 g/mol. The Balaban J connectivity index is 1.58. The lowest BCUT2D eigenvalue weighted by Crippen LogP contribution is -2.12. The van der Waals surface area contributed by atoms with Gasteiger partial charge in [-0.05, 0) is 103 Å². The van der Waals surface area contributed by atoms with Crippen LogP contribution in [0.3, 0.4) is 0 Å². The van der Waals surface area contributed by atoms with Crippen LogP contribution in [0.5, 0.6) is 0 Å². The van der Waals surface area contributed by atoms with Crippen LogP contribution in [-0.2, 0) is 20.2 Å². The van der Waals surface area contributed by atoms with E-state index in [2.05, 4.69) is 10.6 Å². The molecule has 4 N–H and O–H groups in total. The lowest BCUT2D eigenvalue weighted by Gasteiger charge is -2.22. The monoisotopic (exact) mass is 732 g/mol. The molecule has 0 spiro atoms. The minimum atomic E-state index is -5.01. The van der Waals surface area contributed by atoms with Gasteiger partial charge in [0.25, 0.3) is 31.6 Å². The smallest absolute Gasteiger partial charge is 0.294 e. The standard InChI is InChI=1S/C35H32N4O10S2/c1-20-15-28(38(40)41)16-21(2)34(20)36-26-9-5-24(6-10-26)33(31-14-13-30(50(44,45)46)19-32(31)51(47,48)49)25-7-11-27(12-8-25)37-35-22(3)17-29(39(42)43)18-23(35)4/h5-19,33,36-37H,1-4H3,(H,44,45,46)(H,47,48,49). The average molecular weight is 733 g/mol. The van der Waals surface area contributed by atoms with Gasteiger partial charge in [0, 0.05) is 52.9 Å². The first-order valence-electron chi connectivity index (χ1n) is 15.2. The van der Waals surface area contributed by atoms with Gasteiger partial charge in [-0.25, -0.2) is 0 Å². The van der Waals surface area contributed by atoms with Crippen molar-refractivity contribution in [3.63, 3.8) is 0 Å². The maximum absolute atomic E-state index is 12.6. The van der Waals surface area contributed by atoms with E-state index in [-0.39, 0.29) is 16.9 Å². The first-order valence-corrected chi connectivity index (χ1v) is 18.1. The Hall–Kier alpha value is -5.68. The number of nitro benzene ring substituents is 2. The Labute approximate surface area is 293 Å². The third kappa shape index (κ3) is 8.05. The number of aryl methyl sites for hydroxylation is 4. The van der Waals surface area contributed by atoms with E-state index in [9.17, 15) is 46.2 Å². The molecule has 0 saturated carbocycles. The molecule has 0 amide bonds. The van der Waals surface area contributed by atoms with Crippen molar-refractivity contribution >= 4 is 54.4 Å². The van der Waals surface area contributed by atoms with Crippen LogP contribution >= 0.6 is 0 Å². The van der Waals surface area contributed by atoms with Crippen LogP contribution in [0.4, 0.5) is 34.1 Å². The minimum Gasteiger partial charge on any atom is -0.355 e. The summed E-state index contributed by atoms with van der Waals surface area (Å²) in [6, 6.07) is 22.5.